The van der Waals surface area contributed by atoms with Crippen LogP contribution in [-0.2, 0) is 23.8 Å². The molecule has 1 aliphatic carbocycles. The molecule has 1 aromatic heterocycles. The van der Waals surface area contributed by atoms with Crippen molar-refractivity contribution < 1.29 is 9.18 Å². The molecular weight excluding hydrogens is 305 g/mol. The Kier molecular flexibility index (Phi) is 4.43. The van der Waals surface area contributed by atoms with E-state index in [-0.39, 0.29) is 11.7 Å². The Hall–Kier alpha value is -2.17. The second-order valence-electron chi connectivity index (χ2n) is 6.72. The van der Waals surface area contributed by atoms with Gasteiger partial charge in [0.15, 0.2) is 0 Å². The monoisotopic (exact) mass is 329 g/mol. The van der Waals surface area contributed by atoms with Crippen LogP contribution in [0.5, 0.6) is 0 Å². The first-order valence-electron chi connectivity index (χ1n) is 8.48. The summed E-state index contributed by atoms with van der Waals surface area (Å²) < 4.78 is 16.2. The summed E-state index contributed by atoms with van der Waals surface area (Å²) >= 11 is 0. The lowest BCUT2D eigenvalue weighted by Gasteiger charge is -2.28. The lowest BCUT2D eigenvalue weighted by atomic mass is 9.77. The number of nitrogens with one attached hydrogen (secondary N) is 1. The van der Waals surface area contributed by atoms with E-state index in [2.05, 4.69) is 10.4 Å². The van der Waals surface area contributed by atoms with Gasteiger partial charge in [-0.1, -0.05) is 31.0 Å². The van der Waals surface area contributed by atoms with E-state index in [4.69, 9.17) is 0 Å². The Morgan fingerprint density at radius 1 is 1.29 bits per heavy atom. The summed E-state index contributed by atoms with van der Waals surface area (Å²) in [7, 11) is 1.89. The van der Waals surface area contributed by atoms with E-state index < -0.39 is 5.41 Å². The average Bonchev–Trinajstić information content (AvgIpc) is 3.13. The van der Waals surface area contributed by atoms with Gasteiger partial charge in [-0.25, -0.2) is 4.39 Å². The van der Waals surface area contributed by atoms with Crippen molar-refractivity contribution in [2.75, 3.05) is 0 Å². The Morgan fingerprint density at radius 2 is 1.96 bits per heavy atom. The first-order chi connectivity index (χ1) is 11.5. The van der Waals surface area contributed by atoms with Crippen LogP contribution < -0.4 is 5.32 Å². The number of halogens is 1. The largest absolute Gasteiger partial charge is 0.351 e. The molecule has 0 unspecified atom stereocenters. The van der Waals surface area contributed by atoms with Crippen LogP contribution in [0.1, 0.15) is 48.2 Å². The van der Waals surface area contributed by atoms with Crippen molar-refractivity contribution in [1.82, 2.24) is 15.1 Å². The molecule has 0 aliphatic heterocycles. The fourth-order valence-corrected chi connectivity index (χ4v) is 3.86. The molecule has 1 amide bonds. The number of amides is 1. The number of carbonyl (C=O) groups excluding carboxylic acids is 1. The number of hydrogen-bond acceptors (Lipinski definition) is 2. The summed E-state index contributed by atoms with van der Waals surface area (Å²) in [6.07, 6.45) is 3.30. The first-order valence-corrected chi connectivity index (χ1v) is 8.48. The zero-order valence-electron chi connectivity index (χ0n) is 14.5. The molecule has 1 aromatic carbocycles. The summed E-state index contributed by atoms with van der Waals surface area (Å²) in [5.74, 6) is -0.365. The van der Waals surface area contributed by atoms with Crippen molar-refractivity contribution in [3.05, 3.63) is 52.6 Å². The summed E-state index contributed by atoms with van der Waals surface area (Å²) in [5.41, 5.74) is 2.78. The predicted molar refractivity (Wildman–Crippen MR) is 91.1 cm³/mol. The number of aryl methyl sites for hydroxylation is 2. The molecule has 0 bridgehead atoms. The zero-order chi connectivity index (χ0) is 17.3. The molecule has 0 spiro atoms. The van der Waals surface area contributed by atoms with Crippen LogP contribution in [0.4, 0.5) is 4.39 Å². The van der Waals surface area contributed by atoms with Gasteiger partial charge in [-0.15, -0.1) is 0 Å². The normalized spacial score (nSPS) is 16.3. The van der Waals surface area contributed by atoms with Gasteiger partial charge in [0, 0.05) is 30.4 Å². The maximum absolute atomic E-state index is 14.3. The number of carbonyl (C=O) groups is 1. The van der Waals surface area contributed by atoms with Crippen LogP contribution in [0.25, 0.3) is 0 Å². The van der Waals surface area contributed by atoms with E-state index in [9.17, 15) is 9.18 Å². The molecule has 128 valence electrons. The van der Waals surface area contributed by atoms with Crippen LogP contribution in [0.15, 0.2) is 24.3 Å². The number of rotatable bonds is 4. The van der Waals surface area contributed by atoms with E-state index in [0.717, 1.165) is 29.8 Å². The van der Waals surface area contributed by atoms with Gasteiger partial charge in [0.2, 0.25) is 5.91 Å². The summed E-state index contributed by atoms with van der Waals surface area (Å²) in [6, 6.07) is 6.67. The van der Waals surface area contributed by atoms with Crippen LogP contribution in [0.2, 0.25) is 0 Å². The van der Waals surface area contributed by atoms with Gasteiger partial charge in [-0.2, -0.15) is 5.10 Å². The quantitative estimate of drug-likeness (QED) is 0.935. The fourth-order valence-electron chi connectivity index (χ4n) is 3.86. The predicted octanol–water partition coefficient (Wildman–Crippen LogP) is 3.30. The SMILES string of the molecule is Cc1nn(C)c(C)c1CNC(=O)C1(c2ccccc2F)CCCC1. The highest BCUT2D eigenvalue weighted by Gasteiger charge is 2.44. The third-order valence-corrected chi connectivity index (χ3v) is 5.37. The number of aromatic nitrogens is 2. The van der Waals surface area contributed by atoms with Gasteiger partial charge in [-0.05, 0) is 32.8 Å². The summed E-state index contributed by atoms with van der Waals surface area (Å²) in [6.45, 7) is 4.36. The van der Waals surface area contributed by atoms with Crippen molar-refractivity contribution in [3.63, 3.8) is 0 Å². The zero-order valence-corrected chi connectivity index (χ0v) is 14.5. The van der Waals surface area contributed by atoms with Gasteiger partial charge < -0.3 is 5.32 Å². The van der Waals surface area contributed by atoms with Gasteiger partial charge >= 0.3 is 0 Å². The Labute approximate surface area is 142 Å². The molecule has 0 saturated heterocycles. The van der Waals surface area contributed by atoms with E-state index >= 15 is 0 Å². The van der Waals surface area contributed by atoms with E-state index in [1.165, 1.54) is 6.07 Å². The maximum Gasteiger partial charge on any atom is 0.231 e. The van der Waals surface area contributed by atoms with E-state index in [0.29, 0.717) is 24.9 Å². The second kappa shape index (κ2) is 6.38. The standard InChI is InChI=1S/C19H24FN3O/c1-13-15(14(2)23(3)22-13)12-21-18(24)19(10-6-7-11-19)16-8-4-5-9-17(16)20/h4-5,8-9H,6-7,10-12H2,1-3H3,(H,21,24). The van der Waals surface area contributed by atoms with Gasteiger partial charge in [0.05, 0.1) is 11.1 Å². The molecule has 2 aromatic rings. The molecule has 3 rings (SSSR count). The number of nitrogens with zero attached hydrogens (tertiary/aromatic N) is 2. The fraction of sp³-hybridized carbons (Fsp3) is 0.474. The highest BCUT2D eigenvalue weighted by Crippen LogP contribution is 2.42. The summed E-state index contributed by atoms with van der Waals surface area (Å²) in [4.78, 5) is 13.0. The van der Waals surface area contributed by atoms with Crippen LogP contribution in [0.3, 0.4) is 0 Å². The Morgan fingerprint density at radius 3 is 2.54 bits per heavy atom. The van der Waals surface area contributed by atoms with Crippen LogP contribution >= 0.6 is 0 Å². The third-order valence-electron chi connectivity index (χ3n) is 5.37. The average molecular weight is 329 g/mol. The molecule has 5 heteroatoms. The maximum atomic E-state index is 14.3. The molecule has 1 saturated carbocycles. The second-order valence-corrected chi connectivity index (χ2v) is 6.72. The molecule has 1 N–H and O–H groups in total. The minimum Gasteiger partial charge on any atom is -0.351 e. The molecule has 0 radical (unpaired) electrons. The minimum atomic E-state index is -0.741. The van der Waals surface area contributed by atoms with Crippen molar-refractivity contribution in [2.24, 2.45) is 7.05 Å². The number of benzene rings is 1. The molecule has 1 heterocycles. The molecule has 1 aliphatic rings. The third kappa shape index (κ3) is 2.72. The number of hydrogen-bond donors (Lipinski definition) is 1. The first kappa shape index (κ1) is 16.7. The minimum absolute atomic E-state index is 0.0762. The van der Waals surface area contributed by atoms with Gasteiger partial charge in [0.1, 0.15) is 5.82 Å². The van der Waals surface area contributed by atoms with Crippen LogP contribution in [-0.4, -0.2) is 15.7 Å². The van der Waals surface area contributed by atoms with E-state index in [1.807, 2.05) is 25.6 Å². The topological polar surface area (TPSA) is 46.9 Å². The molecule has 0 atom stereocenters. The Bertz CT molecular complexity index is 760. The van der Waals surface area contributed by atoms with E-state index in [1.54, 1.807) is 18.2 Å². The summed E-state index contributed by atoms with van der Waals surface area (Å²) in [5, 5.41) is 7.42. The smallest absolute Gasteiger partial charge is 0.231 e. The van der Waals surface area contributed by atoms with Crippen molar-refractivity contribution in [2.45, 2.75) is 51.5 Å². The molecule has 4 nitrogen and oxygen atoms in total. The van der Waals surface area contributed by atoms with Crippen LogP contribution in [0, 0.1) is 19.7 Å². The molecule has 24 heavy (non-hydrogen) atoms. The Balaban J connectivity index is 1.85. The molecular formula is C19H24FN3O. The highest BCUT2D eigenvalue weighted by atomic mass is 19.1. The van der Waals surface area contributed by atoms with Gasteiger partial charge in [0.25, 0.3) is 0 Å². The molecule has 1 fully saturated rings. The lowest BCUT2D eigenvalue weighted by Crippen LogP contribution is -2.43. The van der Waals surface area contributed by atoms with Gasteiger partial charge in [-0.3, -0.25) is 9.48 Å². The van der Waals surface area contributed by atoms with Crippen molar-refractivity contribution in [3.8, 4) is 0 Å². The lowest BCUT2D eigenvalue weighted by molar-refractivity contribution is -0.126. The van der Waals surface area contributed by atoms with Crippen molar-refractivity contribution in [1.29, 1.82) is 0 Å². The van der Waals surface area contributed by atoms with Crippen molar-refractivity contribution >= 4 is 5.91 Å². The highest BCUT2D eigenvalue weighted by molar-refractivity contribution is 5.88.